The van der Waals surface area contributed by atoms with E-state index in [-0.39, 0.29) is 35.6 Å². The number of hydrogen-bond donors (Lipinski definition) is 4. The second-order valence-electron chi connectivity index (χ2n) is 1.49. The number of aliphatic hydroxyl groups excluding tert-OH is 3. The Hall–Kier alpha value is 0.730. The maximum atomic E-state index is 8.66. The summed E-state index contributed by atoms with van der Waals surface area (Å²) < 4.78 is 8.66. The summed E-state index contributed by atoms with van der Waals surface area (Å²) in [5, 5.41) is 24.0. The molecule has 0 fully saturated rings. The second-order valence-corrected chi connectivity index (χ2v) is 2.42. The topological polar surface area (TPSA) is 144 Å². The van der Waals surface area contributed by atoms with Crippen molar-refractivity contribution in [3.8, 4) is 0 Å². The van der Waals surface area contributed by atoms with Crippen LogP contribution in [0, 0.1) is 0 Å². The van der Waals surface area contributed by atoms with Gasteiger partial charge in [-0.2, -0.15) is 0 Å². The third-order valence-electron chi connectivity index (χ3n) is 0.421. The van der Waals surface area contributed by atoms with Gasteiger partial charge in [-0.25, -0.2) is 0 Å². The van der Waals surface area contributed by atoms with E-state index in [9.17, 15) is 0 Å². The van der Waals surface area contributed by atoms with Crippen LogP contribution in [0.3, 0.4) is 0 Å². The summed E-state index contributed by atoms with van der Waals surface area (Å²) in [6.07, 6.45) is -0.954. The number of rotatable bonds is 2. The zero-order valence-corrected chi connectivity index (χ0v) is 8.13. The fraction of sp³-hybridized carbons (Fsp3) is 1.00. The Morgan fingerprint density at radius 2 is 1.42 bits per heavy atom. The number of phosphoric acid groups is 1. The molecule has 0 amide bonds. The van der Waals surface area contributed by atoms with Gasteiger partial charge in [0.1, 0.15) is 6.10 Å². The zero-order chi connectivity index (χ0) is 9.49. The Morgan fingerprint density at radius 3 is 1.42 bits per heavy atom. The van der Waals surface area contributed by atoms with E-state index in [4.69, 9.17) is 34.6 Å². The van der Waals surface area contributed by atoms with Crippen molar-refractivity contribution in [2.24, 2.45) is 0 Å². The van der Waals surface area contributed by atoms with Crippen molar-refractivity contribution < 1.29 is 56.9 Å². The summed E-state index contributed by atoms with van der Waals surface area (Å²) in [6, 6.07) is 0. The molecular weight excluding hydrogens is 287 g/mol. The monoisotopic (exact) mass is 295 g/mol. The largest absolute Gasteiger partial charge is 0.790 e. The Morgan fingerprint density at radius 1 is 1.25 bits per heavy atom. The van der Waals surface area contributed by atoms with Crippen LogP contribution in [-0.4, -0.2) is 39.5 Å². The molecule has 0 heterocycles. The average Bonchev–Trinajstić information content (AvgIpc) is 1.83. The Kier molecular flexibility index (Phi) is 15.1. The Labute approximate surface area is 84.4 Å². The minimum Gasteiger partial charge on any atom is -0.790 e. The molecule has 0 saturated heterocycles. The zero-order valence-electron chi connectivity index (χ0n) is 5.75. The van der Waals surface area contributed by atoms with E-state index in [0.29, 0.717) is 0 Å². The van der Waals surface area contributed by atoms with Crippen LogP contribution in [0.4, 0.5) is 0 Å². The minimum absolute atomic E-state index is 0. The third-order valence-corrected chi connectivity index (χ3v) is 0.421. The molecule has 0 aliphatic carbocycles. The molecule has 4 N–H and O–H groups in total. The third kappa shape index (κ3) is 45.4. The van der Waals surface area contributed by atoms with Gasteiger partial charge in [0.25, 0.3) is 0 Å². The summed E-state index contributed by atoms with van der Waals surface area (Å²) in [6.45, 7) is -0.729. The molecule has 0 aromatic carbocycles. The Balaban J connectivity index is -0.000000126. The van der Waals surface area contributed by atoms with Crippen LogP contribution < -0.4 is 9.79 Å². The maximum Gasteiger partial charge on any atom is 0.100 e. The van der Waals surface area contributed by atoms with E-state index >= 15 is 0 Å². The van der Waals surface area contributed by atoms with Gasteiger partial charge < -0.3 is 34.6 Å². The predicted octanol–water partition coefficient (Wildman–Crippen LogP) is -3.86. The van der Waals surface area contributed by atoms with Crippen LogP contribution in [0.2, 0.25) is 0 Å². The summed E-state index contributed by atoms with van der Waals surface area (Å²) in [7, 11) is -5.14. The number of aliphatic hydroxyl groups is 3. The van der Waals surface area contributed by atoms with E-state index < -0.39 is 13.9 Å². The maximum absolute atomic E-state index is 8.66. The fourth-order valence-corrected chi connectivity index (χ4v) is 0.0577. The summed E-state index contributed by atoms with van der Waals surface area (Å²) in [5.74, 6) is 0. The van der Waals surface area contributed by atoms with Gasteiger partial charge in [0.2, 0.25) is 0 Å². The molecule has 0 aromatic heterocycles. The molecule has 7 nitrogen and oxygen atoms in total. The molecule has 1 radical (unpaired) electrons. The van der Waals surface area contributed by atoms with Gasteiger partial charge in [0.05, 0.1) is 21.0 Å². The first-order valence-electron chi connectivity index (χ1n) is 2.45. The van der Waals surface area contributed by atoms with Gasteiger partial charge in [-0.15, -0.1) is 0 Å². The van der Waals surface area contributed by atoms with Gasteiger partial charge in [-0.05, 0) is 0 Å². The summed E-state index contributed by atoms with van der Waals surface area (Å²) >= 11 is 0. The normalized spacial score (nSPS) is 9.92. The van der Waals surface area contributed by atoms with Crippen LogP contribution >= 0.6 is 7.82 Å². The van der Waals surface area contributed by atoms with Crippen molar-refractivity contribution in [3.63, 3.8) is 0 Å². The second kappa shape index (κ2) is 9.82. The van der Waals surface area contributed by atoms with Gasteiger partial charge in [0.15, 0.2) is 0 Å². The first-order valence-corrected chi connectivity index (χ1v) is 3.95. The molecule has 0 atom stereocenters. The van der Waals surface area contributed by atoms with Crippen molar-refractivity contribution in [2.45, 2.75) is 6.10 Å². The molecule has 0 aromatic rings. The SMILES string of the molecule is O=P([O-])([O-])O.OCC(O)CO.[Ag]. The van der Waals surface area contributed by atoms with Crippen LogP contribution in [0.5, 0.6) is 0 Å². The first kappa shape index (κ1) is 18.5. The Bertz CT molecular complexity index is 112. The van der Waals surface area contributed by atoms with Gasteiger partial charge in [-0.3, -0.25) is 0 Å². The predicted molar refractivity (Wildman–Crippen MR) is 30.0 cm³/mol. The molecule has 0 saturated carbocycles. The molecular formula is C3H9AgO7P-2. The van der Waals surface area contributed by atoms with Crippen LogP contribution in [0.25, 0.3) is 0 Å². The van der Waals surface area contributed by atoms with E-state index in [2.05, 4.69) is 0 Å². The molecule has 0 spiro atoms. The molecule has 0 aliphatic rings. The fourth-order valence-electron chi connectivity index (χ4n) is 0.0577. The van der Waals surface area contributed by atoms with Crippen molar-refractivity contribution in [2.75, 3.05) is 13.2 Å². The van der Waals surface area contributed by atoms with Gasteiger partial charge >= 0.3 is 0 Å². The standard InChI is InChI=1S/C3H8O3.Ag.H3O4P/c4-1-3(6)2-5;;1-5(2,3)4/h3-6H,1-2H2;;(H3,1,2,3,4)/p-2. The molecule has 0 aliphatic heterocycles. The number of hydrogen-bond acceptors (Lipinski definition) is 6. The smallest absolute Gasteiger partial charge is 0.100 e. The van der Waals surface area contributed by atoms with Crippen LogP contribution in [-0.2, 0) is 26.9 Å². The molecule has 81 valence electrons. The van der Waals surface area contributed by atoms with E-state index in [1.54, 1.807) is 0 Å². The van der Waals surface area contributed by atoms with Crippen molar-refractivity contribution in [1.29, 1.82) is 0 Å². The van der Waals surface area contributed by atoms with Crippen molar-refractivity contribution >= 4 is 7.82 Å². The molecule has 0 bridgehead atoms. The van der Waals surface area contributed by atoms with E-state index in [1.165, 1.54) is 0 Å². The molecule has 9 heteroatoms. The molecule has 0 unspecified atom stereocenters. The summed E-state index contributed by atoms with van der Waals surface area (Å²) in [5.41, 5.74) is 0. The summed E-state index contributed by atoms with van der Waals surface area (Å²) in [4.78, 5) is 24.3. The van der Waals surface area contributed by atoms with Crippen molar-refractivity contribution in [1.82, 2.24) is 0 Å². The van der Waals surface area contributed by atoms with E-state index in [1.807, 2.05) is 0 Å². The minimum atomic E-state index is -5.14. The average molecular weight is 296 g/mol. The van der Waals surface area contributed by atoms with E-state index in [0.717, 1.165) is 0 Å². The van der Waals surface area contributed by atoms with Crippen LogP contribution in [0.1, 0.15) is 0 Å². The van der Waals surface area contributed by atoms with Crippen LogP contribution in [0.15, 0.2) is 0 Å². The quantitative estimate of drug-likeness (QED) is 0.301. The van der Waals surface area contributed by atoms with Gasteiger partial charge in [0, 0.05) is 22.4 Å². The molecule has 0 rings (SSSR count). The van der Waals surface area contributed by atoms with Crippen molar-refractivity contribution in [3.05, 3.63) is 0 Å². The van der Waals surface area contributed by atoms with Gasteiger partial charge in [-0.1, -0.05) is 0 Å². The molecule has 12 heavy (non-hydrogen) atoms. The first-order chi connectivity index (χ1) is 4.81.